The van der Waals surface area contributed by atoms with E-state index in [-0.39, 0.29) is 5.43 Å². The van der Waals surface area contributed by atoms with Crippen LogP contribution in [0.1, 0.15) is 0 Å². The Morgan fingerprint density at radius 1 is 1.42 bits per heavy atom. The topological polar surface area (TPSA) is 30.2 Å². The summed E-state index contributed by atoms with van der Waals surface area (Å²) in [5.74, 6) is 0. The fourth-order valence-corrected chi connectivity index (χ4v) is 1.37. The number of rotatable bonds is 0. The Morgan fingerprint density at radius 3 is 3.08 bits per heavy atom. The Bertz CT molecular complexity index is 473. The van der Waals surface area contributed by atoms with E-state index in [0.717, 1.165) is 4.47 Å². The van der Waals surface area contributed by atoms with E-state index in [1.807, 2.05) is 6.07 Å². The molecule has 0 fully saturated rings. The van der Waals surface area contributed by atoms with Crippen molar-refractivity contribution in [2.45, 2.75) is 0 Å². The Labute approximate surface area is 76.9 Å². The molecule has 2 aromatic rings. The first-order valence-corrected chi connectivity index (χ1v) is 4.16. The summed E-state index contributed by atoms with van der Waals surface area (Å²) in [5, 5.41) is 0.572. The summed E-state index contributed by atoms with van der Waals surface area (Å²) in [6.45, 7) is 0. The molecule has 0 bridgehead atoms. The second-order valence-corrected chi connectivity index (χ2v) is 3.28. The summed E-state index contributed by atoms with van der Waals surface area (Å²) >= 11 is 3.28. The fourth-order valence-electron chi connectivity index (χ4n) is 1.01. The molecule has 0 aliphatic carbocycles. The van der Waals surface area contributed by atoms with Gasteiger partial charge in [-0.25, -0.2) is 0 Å². The lowest BCUT2D eigenvalue weighted by Crippen LogP contribution is -1.97. The third-order valence-electron chi connectivity index (χ3n) is 1.57. The number of benzene rings is 1. The SMILES string of the molecule is O=c1c[c]oc2ccc(Br)cc12. The maximum atomic E-state index is 11.2. The number of hydrogen-bond donors (Lipinski definition) is 0. The number of hydrogen-bond acceptors (Lipinski definition) is 2. The Kier molecular flexibility index (Phi) is 1.73. The largest absolute Gasteiger partial charge is 0.453 e. The molecule has 0 aliphatic rings. The highest BCUT2D eigenvalue weighted by atomic mass is 79.9. The second kappa shape index (κ2) is 2.75. The average molecular weight is 224 g/mol. The molecule has 0 atom stereocenters. The van der Waals surface area contributed by atoms with Crippen molar-refractivity contribution in [1.29, 1.82) is 0 Å². The third-order valence-corrected chi connectivity index (χ3v) is 2.06. The van der Waals surface area contributed by atoms with Gasteiger partial charge in [0.2, 0.25) is 0 Å². The quantitative estimate of drug-likeness (QED) is 0.687. The zero-order chi connectivity index (χ0) is 8.55. The summed E-state index contributed by atoms with van der Waals surface area (Å²) in [6.07, 6.45) is 2.42. The van der Waals surface area contributed by atoms with E-state index in [4.69, 9.17) is 4.42 Å². The van der Waals surface area contributed by atoms with Crippen molar-refractivity contribution in [3.8, 4) is 0 Å². The minimum absolute atomic E-state index is 0.0717. The number of halogens is 1. The van der Waals surface area contributed by atoms with Crippen LogP contribution < -0.4 is 5.43 Å². The molecule has 59 valence electrons. The van der Waals surface area contributed by atoms with Crippen LogP contribution in [0.3, 0.4) is 0 Å². The molecule has 0 spiro atoms. The average Bonchev–Trinajstić information content (AvgIpc) is 2.07. The molecule has 1 aromatic carbocycles. The van der Waals surface area contributed by atoms with E-state index in [9.17, 15) is 4.79 Å². The minimum Gasteiger partial charge on any atom is -0.453 e. The van der Waals surface area contributed by atoms with E-state index in [1.54, 1.807) is 12.1 Å². The monoisotopic (exact) mass is 223 g/mol. The molecule has 2 nitrogen and oxygen atoms in total. The Hall–Kier alpha value is -1.09. The van der Waals surface area contributed by atoms with Crippen molar-refractivity contribution < 1.29 is 4.42 Å². The maximum Gasteiger partial charge on any atom is 0.193 e. The molecule has 0 saturated carbocycles. The van der Waals surface area contributed by atoms with Crippen molar-refractivity contribution in [2.24, 2.45) is 0 Å². The molecule has 0 N–H and O–H groups in total. The lowest BCUT2D eigenvalue weighted by Gasteiger charge is -1.93. The third kappa shape index (κ3) is 1.16. The highest BCUT2D eigenvalue weighted by Gasteiger charge is 1.99. The lowest BCUT2D eigenvalue weighted by molar-refractivity contribution is 0.592. The molecule has 0 aliphatic heterocycles. The summed E-state index contributed by atoms with van der Waals surface area (Å²) in [5.41, 5.74) is 0.489. The van der Waals surface area contributed by atoms with Gasteiger partial charge in [-0.15, -0.1) is 0 Å². The van der Waals surface area contributed by atoms with E-state index >= 15 is 0 Å². The molecule has 1 aromatic heterocycles. The van der Waals surface area contributed by atoms with Crippen molar-refractivity contribution in [2.75, 3.05) is 0 Å². The predicted octanol–water partition coefficient (Wildman–Crippen LogP) is 2.36. The van der Waals surface area contributed by atoms with Gasteiger partial charge in [0.1, 0.15) is 5.58 Å². The van der Waals surface area contributed by atoms with Crippen LogP contribution in [0.25, 0.3) is 11.0 Å². The number of fused-ring (bicyclic) bond motifs is 1. The first-order chi connectivity index (χ1) is 5.77. The van der Waals surface area contributed by atoms with Gasteiger partial charge in [0, 0.05) is 10.5 Å². The Morgan fingerprint density at radius 2 is 2.25 bits per heavy atom. The van der Waals surface area contributed by atoms with Crippen LogP contribution >= 0.6 is 15.9 Å². The van der Waals surface area contributed by atoms with Gasteiger partial charge in [-0.3, -0.25) is 4.79 Å². The van der Waals surface area contributed by atoms with Crippen LogP contribution in [0.4, 0.5) is 0 Å². The van der Waals surface area contributed by atoms with Gasteiger partial charge in [0.25, 0.3) is 0 Å². The highest BCUT2D eigenvalue weighted by molar-refractivity contribution is 9.10. The first-order valence-electron chi connectivity index (χ1n) is 3.37. The fraction of sp³-hybridized carbons (Fsp3) is 0. The van der Waals surface area contributed by atoms with Gasteiger partial charge in [0.15, 0.2) is 11.7 Å². The van der Waals surface area contributed by atoms with Crippen LogP contribution in [0.2, 0.25) is 0 Å². The second-order valence-electron chi connectivity index (χ2n) is 2.37. The standard InChI is InChI=1S/C9H4BrO2/c10-6-1-2-9-7(5-6)8(11)3-4-12-9/h1-3,5H. The Balaban J connectivity index is 2.98. The van der Waals surface area contributed by atoms with Crippen LogP contribution in [0, 0.1) is 6.26 Å². The highest BCUT2D eigenvalue weighted by Crippen LogP contribution is 2.15. The maximum absolute atomic E-state index is 11.2. The van der Waals surface area contributed by atoms with Gasteiger partial charge < -0.3 is 4.42 Å². The molecule has 0 saturated heterocycles. The predicted molar refractivity (Wildman–Crippen MR) is 49.0 cm³/mol. The van der Waals surface area contributed by atoms with Crippen LogP contribution in [0.5, 0.6) is 0 Å². The van der Waals surface area contributed by atoms with E-state index in [0.29, 0.717) is 11.0 Å². The summed E-state index contributed by atoms with van der Waals surface area (Å²) < 4.78 is 5.87. The minimum atomic E-state index is -0.0717. The van der Waals surface area contributed by atoms with Crippen LogP contribution in [-0.4, -0.2) is 0 Å². The van der Waals surface area contributed by atoms with E-state index in [1.165, 1.54) is 6.07 Å². The van der Waals surface area contributed by atoms with Gasteiger partial charge in [-0.2, -0.15) is 0 Å². The van der Waals surface area contributed by atoms with Gasteiger partial charge >= 0.3 is 0 Å². The van der Waals surface area contributed by atoms with Crippen LogP contribution in [-0.2, 0) is 0 Å². The van der Waals surface area contributed by atoms with E-state index < -0.39 is 0 Å². The van der Waals surface area contributed by atoms with Gasteiger partial charge in [-0.1, -0.05) is 15.9 Å². The molecule has 12 heavy (non-hydrogen) atoms. The summed E-state index contributed by atoms with van der Waals surface area (Å²) in [6, 6.07) is 6.57. The zero-order valence-corrected chi connectivity index (χ0v) is 7.59. The molecule has 1 heterocycles. The zero-order valence-electron chi connectivity index (χ0n) is 6.00. The summed E-state index contributed by atoms with van der Waals surface area (Å²) in [7, 11) is 0. The normalized spacial score (nSPS) is 10.4. The van der Waals surface area contributed by atoms with Crippen molar-refractivity contribution in [1.82, 2.24) is 0 Å². The van der Waals surface area contributed by atoms with Crippen molar-refractivity contribution >= 4 is 26.9 Å². The smallest absolute Gasteiger partial charge is 0.193 e. The lowest BCUT2D eigenvalue weighted by atomic mass is 10.2. The molecule has 2 rings (SSSR count). The molecular formula is C9H4BrO2. The van der Waals surface area contributed by atoms with Crippen molar-refractivity contribution in [3.63, 3.8) is 0 Å². The van der Waals surface area contributed by atoms with Crippen molar-refractivity contribution in [3.05, 3.63) is 45.2 Å². The summed E-state index contributed by atoms with van der Waals surface area (Å²) in [4.78, 5) is 11.2. The molecular weight excluding hydrogens is 220 g/mol. The van der Waals surface area contributed by atoms with Gasteiger partial charge in [0.05, 0.1) is 5.39 Å². The first kappa shape index (κ1) is 7.55. The van der Waals surface area contributed by atoms with E-state index in [2.05, 4.69) is 22.2 Å². The molecule has 0 unspecified atom stereocenters. The molecule has 1 radical (unpaired) electrons. The van der Waals surface area contributed by atoms with Crippen LogP contribution in [0.15, 0.2) is 37.9 Å². The molecule has 0 amide bonds. The molecule has 3 heteroatoms. The van der Waals surface area contributed by atoms with Gasteiger partial charge in [-0.05, 0) is 18.2 Å².